The summed E-state index contributed by atoms with van der Waals surface area (Å²) in [5.41, 5.74) is -0.450. The molecule has 0 aliphatic carbocycles. The third-order valence-corrected chi connectivity index (χ3v) is 5.89. The van der Waals surface area contributed by atoms with Crippen molar-refractivity contribution in [3.63, 3.8) is 0 Å². The molecule has 6 nitrogen and oxygen atoms in total. The van der Waals surface area contributed by atoms with Crippen LogP contribution < -0.4 is 5.32 Å². The topological polar surface area (TPSA) is 86.7 Å². The van der Waals surface area contributed by atoms with Crippen molar-refractivity contribution in [3.8, 4) is 0 Å². The first-order valence-electron chi connectivity index (χ1n) is 7.48. The second kappa shape index (κ2) is 5.58. The van der Waals surface area contributed by atoms with Crippen LogP contribution in [0.3, 0.4) is 0 Å². The Morgan fingerprint density at radius 2 is 1.70 bits per heavy atom. The van der Waals surface area contributed by atoms with E-state index in [2.05, 4.69) is 5.32 Å². The fraction of sp³-hybridized carbons (Fsp3) is 0.562. The van der Waals surface area contributed by atoms with E-state index < -0.39 is 16.0 Å². The third-order valence-electron chi connectivity index (χ3n) is 3.95. The number of benzene rings is 1. The zero-order valence-electron chi connectivity index (χ0n) is 14.2. The largest absolute Gasteiger partial charge is 0.478 e. The molecular weight excluding hydrogens is 316 g/mol. The van der Waals surface area contributed by atoms with Crippen molar-refractivity contribution in [2.75, 3.05) is 13.1 Å². The quantitative estimate of drug-likeness (QED) is 0.877. The average molecular weight is 340 g/mol. The van der Waals surface area contributed by atoms with Gasteiger partial charge in [-0.1, -0.05) is 6.07 Å². The molecule has 0 saturated carbocycles. The van der Waals surface area contributed by atoms with Gasteiger partial charge in [0.05, 0.1) is 10.5 Å². The summed E-state index contributed by atoms with van der Waals surface area (Å²) >= 11 is 0. The zero-order chi connectivity index (χ0) is 17.6. The van der Waals surface area contributed by atoms with Crippen LogP contribution in [0.1, 0.15) is 43.6 Å². The number of nitrogens with one attached hydrogen (secondary N) is 1. The molecule has 1 aromatic carbocycles. The van der Waals surface area contributed by atoms with Gasteiger partial charge in [-0.15, -0.1) is 0 Å². The minimum absolute atomic E-state index is 0.0136. The lowest BCUT2D eigenvalue weighted by Gasteiger charge is -2.47. The highest BCUT2D eigenvalue weighted by Crippen LogP contribution is 2.29. The minimum Gasteiger partial charge on any atom is -0.478 e. The van der Waals surface area contributed by atoms with Crippen LogP contribution in [0, 0.1) is 6.92 Å². The van der Waals surface area contributed by atoms with Crippen molar-refractivity contribution in [1.29, 1.82) is 0 Å². The molecule has 0 aromatic heterocycles. The standard InChI is InChI=1S/C16H24N2O4S/c1-11-12(14(19)20)7-6-8-13(11)23(21,22)18-9-15(2,3)17-16(4,5)10-18/h6-8,17H,9-10H2,1-5H3,(H,19,20). The summed E-state index contributed by atoms with van der Waals surface area (Å²) in [6.07, 6.45) is 0. The summed E-state index contributed by atoms with van der Waals surface area (Å²) < 4.78 is 27.6. The maximum absolute atomic E-state index is 13.1. The number of carbonyl (C=O) groups is 1. The second-order valence-electron chi connectivity index (χ2n) is 7.40. The molecule has 0 unspecified atom stereocenters. The van der Waals surface area contributed by atoms with Gasteiger partial charge in [-0.2, -0.15) is 4.31 Å². The molecule has 1 aliphatic heterocycles. The molecule has 1 aliphatic rings. The van der Waals surface area contributed by atoms with E-state index in [9.17, 15) is 18.3 Å². The number of nitrogens with zero attached hydrogens (tertiary/aromatic N) is 1. The van der Waals surface area contributed by atoms with Gasteiger partial charge in [0.1, 0.15) is 0 Å². The van der Waals surface area contributed by atoms with E-state index in [0.29, 0.717) is 13.1 Å². The van der Waals surface area contributed by atoms with E-state index in [1.807, 2.05) is 27.7 Å². The molecule has 0 radical (unpaired) electrons. The first-order chi connectivity index (χ1) is 10.4. The van der Waals surface area contributed by atoms with Crippen LogP contribution in [-0.2, 0) is 10.0 Å². The van der Waals surface area contributed by atoms with Crippen LogP contribution in [0.4, 0.5) is 0 Å². The Labute approximate surface area is 137 Å². The smallest absolute Gasteiger partial charge is 0.335 e. The number of hydrogen-bond donors (Lipinski definition) is 2. The van der Waals surface area contributed by atoms with Crippen LogP contribution in [-0.4, -0.2) is 48.0 Å². The zero-order valence-corrected chi connectivity index (χ0v) is 15.0. The van der Waals surface area contributed by atoms with Crippen molar-refractivity contribution in [3.05, 3.63) is 29.3 Å². The van der Waals surface area contributed by atoms with E-state index in [1.165, 1.54) is 29.4 Å². The van der Waals surface area contributed by atoms with E-state index in [1.54, 1.807) is 0 Å². The lowest BCUT2D eigenvalue weighted by molar-refractivity contribution is 0.0695. The Bertz CT molecular complexity index is 722. The second-order valence-corrected chi connectivity index (χ2v) is 9.31. The van der Waals surface area contributed by atoms with Gasteiger partial charge in [0.2, 0.25) is 10.0 Å². The lowest BCUT2D eigenvalue weighted by Crippen LogP contribution is -2.67. The average Bonchev–Trinajstić information content (AvgIpc) is 2.34. The third kappa shape index (κ3) is 3.57. The molecule has 2 rings (SSSR count). The van der Waals surface area contributed by atoms with E-state index in [-0.39, 0.29) is 27.1 Å². The van der Waals surface area contributed by atoms with Crippen LogP contribution in [0.2, 0.25) is 0 Å². The predicted molar refractivity (Wildman–Crippen MR) is 88.2 cm³/mol. The number of aromatic carboxylic acids is 1. The van der Waals surface area contributed by atoms with Crippen LogP contribution in [0.15, 0.2) is 23.1 Å². The molecule has 1 saturated heterocycles. The van der Waals surface area contributed by atoms with Gasteiger partial charge < -0.3 is 10.4 Å². The van der Waals surface area contributed by atoms with Gasteiger partial charge in [-0.05, 0) is 52.3 Å². The molecule has 1 heterocycles. The normalized spacial score (nSPS) is 21.1. The predicted octanol–water partition coefficient (Wildman–Crippen LogP) is 1.84. The highest BCUT2D eigenvalue weighted by molar-refractivity contribution is 7.89. The highest BCUT2D eigenvalue weighted by atomic mass is 32.2. The molecule has 2 N–H and O–H groups in total. The van der Waals surface area contributed by atoms with Gasteiger partial charge in [0.15, 0.2) is 0 Å². The van der Waals surface area contributed by atoms with E-state index in [4.69, 9.17) is 0 Å². The lowest BCUT2D eigenvalue weighted by atomic mass is 9.93. The molecule has 0 bridgehead atoms. The maximum Gasteiger partial charge on any atom is 0.335 e. The van der Waals surface area contributed by atoms with E-state index in [0.717, 1.165) is 0 Å². The first-order valence-corrected chi connectivity index (χ1v) is 8.92. The summed E-state index contributed by atoms with van der Waals surface area (Å²) in [5.74, 6) is -1.12. The molecule has 0 spiro atoms. The van der Waals surface area contributed by atoms with Crippen LogP contribution >= 0.6 is 0 Å². The molecule has 7 heteroatoms. The van der Waals surface area contributed by atoms with Crippen molar-refractivity contribution in [2.45, 2.75) is 50.6 Å². The van der Waals surface area contributed by atoms with E-state index >= 15 is 0 Å². The summed E-state index contributed by atoms with van der Waals surface area (Å²) in [5, 5.41) is 12.6. The van der Waals surface area contributed by atoms with Crippen molar-refractivity contribution in [1.82, 2.24) is 9.62 Å². The number of carboxylic acid groups (broad SMARTS) is 1. The van der Waals surface area contributed by atoms with Crippen molar-refractivity contribution >= 4 is 16.0 Å². The van der Waals surface area contributed by atoms with Crippen LogP contribution in [0.5, 0.6) is 0 Å². The van der Waals surface area contributed by atoms with Crippen molar-refractivity contribution < 1.29 is 18.3 Å². The van der Waals surface area contributed by atoms with Gasteiger partial charge in [0.25, 0.3) is 0 Å². The molecule has 0 atom stereocenters. The summed E-state index contributed by atoms with van der Waals surface area (Å²) in [7, 11) is -3.76. The van der Waals surface area contributed by atoms with Crippen LogP contribution in [0.25, 0.3) is 0 Å². The molecule has 128 valence electrons. The monoisotopic (exact) mass is 340 g/mol. The Balaban J connectivity index is 2.51. The highest BCUT2D eigenvalue weighted by Gasteiger charge is 2.42. The number of carboxylic acids is 1. The molecule has 0 amide bonds. The van der Waals surface area contributed by atoms with Gasteiger partial charge in [0, 0.05) is 24.2 Å². The number of piperazine rings is 1. The SMILES string of the molecule is Cc1c(C(=O)O)cccc1S(=O)(=O)N1CC(C)(C)NC(C)(C)C1. The summed E-state index contributed by atoms with van der Waals surface area (Å²) in [4.78, 5) is 11.3. The fourth-order valence-electron chi connectivity index (χ4n) is 3.37. The summed E-state index contributed by atoms with van der Waals surface area (Å²) in [6.45, 7) is 10.0. The Kier molecular flexibility index (Phi) is 4.34. The van der Waals surface area contributed by atoms with Gasteiger partial charge in [-0.3, -0.25) is 0 Å². The molecule has 1 fully saturated rings. The minimum atomic E-state index is -3.76. The fourth-order valence-corrected chi connectivity index (χ4v) is 5.38. The molecule has 23 heavy (non-hydrogen) atoms. The number of hydrogen-bond acceptors (Lipinski definition) is 4. The number of rotatable bonds is 3. The maximum atomic E-state index is 13.1. The van der Waals surface area contributed by atoms with Gasteiger partial charge >= 0.3 is 5.97 Å². The molecule has 1 aromatic rings. The Hall–Kier alpha value is -1.44. The molecular formula is C16H24N2O4S. The summed E-state index contributed by atoms with van der Waals surface area (Å²) in [6, 6.07) is 4.36. The van der Waals surface area contributed by atoms with Gasteiger partial charge in [-0.25, -0.2) is 13.2 Å². The first kappa shape index (κ1) is 17.9. The van der Waals surface area contributed by atoms with Crippen molar-refractivity contribution in [2.24, 2.45) is 0 Å². The number of sulfonamides is 1. The Morgan fingerprint density at radius 3 is 2.17 bits per heavy atom. The Morgan fingerprint density at radius 1 is 1.17 bits per heavy atom.